The van der Waals surface area contributed by atoms with Crippen LogP contribution in [-0.4, -0.2) is 16.8 Å². The molecule has 1 aromatic rings. The number of aryl methyl sites for hydroxylation is 2. The zero-order valence-corrected chi connectivity index (χ0v) is 11.1. The molecule has 0 saturated carbocycles. The van der Waals surface area contributed by atoms with Gasteiger partial charge in [0, 0.05) is 24.3 Å². The van der Waals surface area contributed by atoms with Gasteiger partial charge in [0.15, 0.2) is 0 Å². The minimum Gasteiger partial charge on any atom is -0.313 e. The highest BCUT2D eigenvalue weighted by atomic mass is 15.3. The second-order valence-corrected chi connectivity index (χ2v) is 4.55. The summed E-state index contributed by atoms with van der Waals surface area (Å²) in [7, 11) is 4.01. The van der Waals surface area contributed by atoms with Crippen LogP contribution in [0.25, 0.3) is 0 Å². The summed E-state index contributed by atoms with van der Waals surface area (Å²) in [6.45, 7) is 10.2. The van der Waals surface area contributed by atoms with E-state index in [1.807, 2.05) is 18.8 Å². The number of aromatic nitrogens is 2. The van der Waals surface area contributed by atoms with Crippen molar-refractivity contribution < 1.29 is 0 Å². The predicted molar refractivity (Wildman–Crippen MR) is 68.5 cm³/mol. The Kier molecular flexibility index (Phi) is 4.30. The van der Waals surface area contributed by atoms with Gasteiger partial charge in [0.05, 0.1) is 5.69 Å². The van der Waals surface area contributed by atoms with Crippen LogP contribution in [0.3, 0.4) is 0 Å². The fourth-order valence-corrected chi connectivity index (χ4v) is 2.12. The highest BCUT2D eigenvalue weighted by Gasteiger charge is 2.18. The Bertz CT molecular complexity index is 377. The lowest BCUT2D eigenvalue weighted by Crippen LogP contribution is -2.18. The van der Waals surface area contributed by atoms with Crippen molar-refractivity contribution in [3.05, 3.63) is 29.1 Å². The molecule has 0 fully saturated rings. The van der Waals surface area contributed by atoms with Crippen molar-refractivity contribution in [2.24, 2.45) is 7.05 Å². The van der Waals surface area contributed by atoms with E-state index in [4.69, 9.17) is 0 Å². The van der Waals surface area contributed by atoms with Crippen LogP contribution in [0.15, 0.2) is 12.2 Å². The quantitative estimate of drug-likeness (QED) is 0.775. The average Bonchev–Trinajstić information content (AvgIpc) is 2.45. The Morgan fingerprint density at radius 3 is 2.50 bits per heavy atom. The van der Waals surface area contributed by atoms with Gasteiger partial charge in [-0.3, -0.25) is 4.68 Å². The minimum absolute atomic E-state index is 0.380. The molecule has 1 unspecified atom stereocenters. The molecule has 0 radical (unpaired) electrons. The molecule has 1 aromatic heterocycles. The summed E-state index contributed by atoms with van der Waals surface area (Å²) in [4.78, 5) is 0. The Morgan fingerprint density at radius 1 is 1.50 bits per heavy atom. The van der Waals surface area contributed by atoms with Gasteiger partial charge in [-0.15, -0.1) is 6.58 Å². The molecule has 1 heterocycles. The maximum atomic E-state index is 4.46. The smallest absolute Gasteiger partial charge is 0.0644 e. The number of hydrogen-bond donors (Lipinski definition) is 1. The van der Waals surface area contributed by atoms with E-state index in [1.54, 1.807) is 0 Å². The van der Waals surface area contributed by atoms with Crippen LogP contribution in [0.1, 0.15) is 42.8 Å². The molecule has 16 heavy (non-hydrogen) atoms. The molecule has 0 aliphatic rings. The van der Waals surface area contributed by atoms with Crippen LogP contribution in [0.4, 0.5) is 0 Å². The number of nitrogens with zero attached hydrogens (tertiary/aromatic N) is 2. The summed E-state index contributed by atoms with van der Waals surface area (Å²) < 4.78 is 1.95. The first-order valence-electron chi connectivity index (χ1n) is 5.79. The summed E-state index contributed by atoms with van der Waals surface area (Å²) in [6.07, 6.45) is 2.14. The molecule has 3 heteroatoms. The van der Waals surface area contributed by atoms with Gasteiger partial charge < -0.3 is 5.32 Å². The second kappa shape index (κ2) is 5.30. The van der Waals surface area contributed by atoms with Gasteiger partial charge in [0.2, 0.25) is 0 Å². The van der Waals surface area contributed by atoms with Crippen molar-refractivity contribution in [1.82, 2.24) is 15.1 Å². The van der Waals surface area contributed by atoms with Gasteiger partial charge in [-0.2, -0.15) is 5.10 Å². The van der Waals surface area contributed by atoms with E-state index >= 15 is 0 Å². The summed E-state index contributed by atoms with van der Waals surface area (Å²) in [6, 6.07) is 0.380. The Labute approximate surface area is 98.5 Å². The number of nitrogens with one attached hydrogen (secondary N) is 1. The van der Waals surface area contributed by atoms with Gasteiger partial charge >= 0.3 is 0 Å². The van der Waals surface area contributed by atoms with E-state index in [2.05, 4.69) is 37.8 Å². The lowest BCUT2D eigenvalue weighted by atomic mass is 9.98. The Balaban J connectivity index is 2.90. The largest absolute Gasteiger partial charge is 0.313 e. The molecule has 1 N–H and O–H groups in total. The molecule has 90 valence electrons. The first kappa shape index (κ1) is 13.0. The first-order chi connectivity index (χ1) is 7.47. The van der Waals surface area contributed by atoms with Gasteiger partial charge in [0.1, 0.15) is 0 Å². The predicted octanol–water partition coefficient (Wildman–Crippen LogP) is 2.65. The summed E-state index contributed by atoms with van der Waals surface area (Å²) in [5.41, 5.74) is 4.95. The summed E-state index contributed by atoms with van der Waals surface area (Å²) in [5, 5.41) is 7.84. The van der Waals surface area contributed by atoms with E-state index in [0.717, 1.165) is 18.5 Å². The van der Waals surface area contributed by atoms with Crippen molar-refractivity contribution >= 4 is 0 Å². The molecule has 0 aromatic carbocycles. The van der Waals surface area contributed by atoms with Gasteiger partial charge in [-0.1, -0.05) is 5.57 Å². The molecular formula is C13H23N3. The third-order valence-electron chi connectivity index (χ3n) is 3.12. The number of allylic oxidation sites excluding steroid dienone is 1. The molecule has 0 aliphatic carbocycles. The number of hydrogen-bond acceptors (Lipinski definition) is 2. The first-order valence-corrected chi connectivity index (χ1v) is 5.79. The van der Waals surface area contributed by atoms with E-state index in [1.165, 1.54) is 16.8 Å². The van der Waals surface area contributed by atoms with E-state index in [9.17, 15) is 0 Å². The fourth-order valence-electron chi connectivity index (χ4n) is 2.12. The maximum Gasteiger partial charge on any atom is 0.0644 e. The molecule has 0 spiro atoms. The highest BCUT2D eigenvalue weighted by Crippen LogP contribution is 2.25. The maximum absolute atomic E-state index is 4.46. The van der Waals surface area contributed by atoms with Crippen LogP contribution in [0, 0.1) is 13.8 Å². The van der Waals surface area contributed by atoms with Crippen molar-refractivity contribution in [2.45, 2.75) is 39.7 Å². The summed E-state index contributed by atoms with van der Waals surface area (Å²) >= 11 is 0. The normalized spacial score (nSPS) is 12.8. The molecule has 3 nitrogen and oxygen atoms in total. The van der Waals surface area contributed by atoms with Crippen LogP contribution in [0.5, 0.6) is 0 Å². The van der Waals surface area contributed by atoms with E-state index in [0.29, 0.717) is 6.04 Å². The second-order valence-electron chi connectivity index (χ2n) is 4.55. The third kappa shape index (κ3) is 2.73. The molecule has 0 saturated heterocycles. The van der Waals surface area contributed by atoms with E-state index < -0.39 is 0 Å². The zero-order valence-electron chi connectivity index (χ0n) is 11.1. The monoisotopic (exact) mass is 221 g/mol. The molecule has 1 rings (SSSR count). The van der Waals surface area contributed by atoms with Crippen LogP contribution in [-0.2, 0) is 7.05 Å². The molecule has 1 atom stereocenters. The third-order valence-corrected chi connectivity index (χ3v) is 3.12. The van der Waals surface area contributed by atoms with Gasteiger partial charge in [-0.05, 0) is 40.7 Å². The molecule has 0 amide bonds. The Hall–Kier alpha value is -1.09. The van der Waals surface area contributed by atoms with Crippen LogP contribution >= 0.6 is 0 Å². The van der Waals surface area contributed by atoms with Crippen molar-refractivity contribution in [3.8, 4) is 0 Å². The standard InChI is InChI=1S/C13H23N3/c1-9(2)7-8-12(14-5)13-10(3)15-16(6)11(13)4/h12,14H,1,7-8H2,2-6H3. The average molecular weight is 221 g/mol. The molecule has 0 bridgehead atoms. The van der Waals surface area contributed by atoms with Crippen LogP contribution < -0.4 is 5.32 Å². The SMILES string of the molecule is C=C(C)CCC(NC)c1c(C)nn(C)c1C. The highest BCUT2D eigenvalue weighted by molar-refractivity contribution is 5.28. The molecule has 0 aliphatic heterocycles. The van der Waals surface area contributed by atoms with Crippen molar-refractivity contribution in [2.75, 3.05) is 7.05 Å². The van der Waals surface area contributed by atoms with Crippen molar-refractivity contribution in [1.29, 1.82) is 0 Å². The van der Waals surface area contributed by atoms with Gasteiger partial charge in [0.25, 0.3) is 0 Å². The number of rotatable bonds is 5. The topological polar surface area (TPSA) is 29.9 Å². The fraction of sp³-hybridized carbons (Fsp3) is 0.615. The lowest BCUT2D eigenvalue weighted by molar-refractivity contribution is 0.542. The van der Waals surface area contributed by atoms with Crippen LogP contribution in [0.2, 0.25) is 0 Å². The van der Waals surface area contributed by atoms with Crippen molar-refractivity contribution in [3.63, 3.8) is 0 Å². The van der Waals surface area contributed by atoms with E-state index in [-0.39, 0.29) is 0 Å². The summed E-state index contributed by atoms with van der Waals surface area (Å²) in [5.74, 6) is 0. The van der Waals surface area contributed by atoms with Gasteiger partial charge in [-0.25, -0.2) is 0 Å². The Morgan fingerprint density at radius 2 is 2.12 bits per heavy atom. The minimum atomic E-state index is 0.380. The zero-order chi connectivity index (χ0) is 12.3. The molecular weight excluding hydrogens is 198 g/mol. The lowest BCUT2D eigenvalue weighted by Gasteiger charge is -2.17.